The molecule has 4 rings (SSSR count). The first-order valence-electron chi connectivity index (χ1n) is 9.34. The van der Waals surface area contributed by atoms with Gasteiger partial charge >= 0.3 is 0 Å². The molecule has 2 aromatic heterocycles. The summed E-state index contributed by atoms with van der Waals surface area (Å²) in [5, 5.41) is 14.3. The third-order valence-corrected chi connectivity index (χ3v) is 6.44. The van der Waals surface area contributed by atoms with Crippen LogP contribution in [0.3, 0.4) is 0 Å². The molecule has 150 valence electrons. The molecular weight excluding hydrogens is 406 g/mol. The first-order chi connectivity index (χ1) is 14.1. The zero-order valence-corrected chi connectivity index (χ0v) is 17.6. The van der Waals surface area contributed by atoms with Crippen molar-refractivity contribution < 1.29 is 9.59 Å². The lowest BCUT2D eigenvalue weighted by Crippen LogP contribution is -2.50. The van der Waals surface area contributed by atoms with Gasteiger partial charge in [0.05, 0.1) is 11.4 Å². The lowest BCUT2D eigenvalue weighted by Gasteiger charge is -2.34. The summed E-state index contributed by atoms with van der Waals surface area (Å²) in [6.45, 7) is 4.91. The van der Waals surface area contributed by atoms with Crippen LogP contribution in [-0.4, -0.2) is 64.5 Å². The molecule has 0 unspecified atom stereocenters. The van der Waals surface area contributed by atoms with Crippen LogP contribution in [0, 0.1) is 6.92 Å². The van der Waals surface area contributed by atoms with Crippen molar-refractivity contribution in [3.8, 4) is 10.6 Å². The summed E-state index contributed by atoms with van der Waals surface area (Å²) < 4.78 is 0. The van der Waals surface area contributed by atoms with Crippen molar-refractivity contribution in [3.63, 3.8) is 0 Å². The predicted octanol–water partition coefficient (Wildman–Crippen LogP) is 2.97. The first kappa shape index (κ1) is 19.7. The Kier molecular flexibility index (Phi) is 5.98. The van der Waals surface area contributed by atoms with Crippen molar-refractivity contribution in [1.29, 1.82) is 0 Å². The van der Waals surface area contributed by atoms with Crippen LogP contribution in [0.2, 0.25) is 0 Å². The predicted molar refractivity (Wildman–Crippen MR) is 115 cm³/mol. The highest BCUT2D eigenvalue weighted by Crippen LogP contribution is 2.26. The highest BCUT2D eigenvalue weighted by atomic mass is 32.1. The Bertz CT molecular complexity index is 994. The number of anilines is 1. The number of aryl methyl sites for hydroxylation is 1. The summed E-state index contributed by atoms with van der Waals surface area (Å²) in [6, 6.07) is 11.8. The molecule has 2 amide bonds. The topological polar surface area (TPSA) is 78.4 Å². The van der Waals surface area contributed by atoms with Crippen molar-refractivity contribution in [2.75, 3.05) is 38.0 Å². The molecule has 1 fully saturated rings. The SMILES string of the molecule is Cc1cccc(-c2nnc(NC(=O)CN3CCN(C(=O)c4cccs4)CC3)s2)c1. The Hall–Kier alpha value is -2.62. The van der Waals surface area contributed by atoms with Gasteiger partial charge in [0.15, 0.2) is 0 Å². The second-order valence-electron chi connectivity index (χ2n) is 6.88. The number of nitrogens with one attached hydrogen (secondary N) is 1. The quantitative estimate of drug-likeness (QED) is 0.677. The zero-order chi connectivity index (χ0) is 20.2. The minimum atomic E-state index is -0.116. The van der Waals surface area contributed by atoms with E-state index in [-0.39, 0.29) is 18.4 Å². The molecule has 3 aromatic rings. The average molecular weight is 428 g/mol. The van der Waals surface area contributed by atoms with Crippen molar-refractivity contribution in [1.82, 2.24) is 20.0 Å². The molecule has 0 saturated carbocycles. The Balaban J connectivity index is 1.27. The number of nitrogens with zero attached hydrogens (tertiary/aromatic N) is 4. The van der Waals surface area contributed by atoms with Gasteiger partial charge in [-0.25, -0.2) is 0 Å². The zero-order valence-electron chi connectivity index (χ0n) is 16.0. The first-order valence-corrected chi connectivity index (χ1v) is 11.0. The van der Waals surface area contributed by atoms with Crippen LogP contribution < -0.4 is 5.32 Å². The monoisotopic (exact) mass is 427 g/mol. The van der Waals surface area contributed by atoms with Gasteiger partial charge in [-0.2, -0.15) is 0 Å². The van der Waals surface area contributed by atoms with E-state index >= 15 is 0 Å². The lowest BCUT2D eigenvalue weighted by atomic mass is 10.1. The van der Waals surface area contributed by atoms with Gasteiger partial charge in [0.2, 0.25) is 11.0 Å². The van der Waals surface area contributed by atoms with Gasteiger partial charge in [0.25, 0.3) is 5.91 Å². The Labute approximate surface area is 177 Å². The Morgan fingerprint density at radius 1 is 1.10 bits per heavy atom. The van der Waals surface area contributed by atoms with E-state index in [9.17, 15) is 9.59 Å². The summed E-state index contributed by atoms with van der Waals surface area (Å²) in [7, 11) is 0. The molecular formula is C20H21N5O2S2. The molecule has 9 heteroatoms. The number of hydrogen-bond acceptors (Lipinski definition) is 7. The van der Waals surface area contributed by atoms with Crippen molar-refractivity contribution in [3.05, 3.63) is 52.2 Å². The molecule has 1 aromatic carbocycles. The van der Waals surface area contributed by atoms with E-state index in [0.29, 0.717) is 31.3 Å². The number of thiophene rings is 1. The minimum absolute atomic E-state index is 0.0710. The van der Waals surface area contributed by atoms with Crippen molar-refractivity contribution in [2.24, 2.45) is 0 Å². The molecule has 0 spiro atoms. The number of aromatic nitrogens is 2. The highest BCUT2D eigenvalue weighted by Gasteiger charge is 2.24. The fourth-order valence-corrected chi connectivity index (χ4v) is 4.64. The van der Waals surface area contributed by atoms with Crippen LogP contribution in [0.5, 0.6) is 0 Å². The van der Waals surface area contributed by atoms with Gasteiger partial charge in [-0.1, -0.05) is 41.2 Å². The maximum absolute atomic E-state index is 12.4. The minimum Gasteiger partial charge on any atom is -0.335 e. The standard InChI is InChI=1S/C20H21N5O2S2/c1-14-4-2-5-15(12-14)18-22-23-20(29-18)21-17(26)13-24-7-9-25(10-8-24)19(27)16-6-3-11-28-16/h2-6,11-12H,7-10,13H2,1H3,(H,21,23,26). The molecule has 1 aliphatic rings. The molecule has 7 nitrogen and oxygen atoms in total. The van der Waals surface area contributed by atoms with E-state index in [1.54, 1.807) is 0 Å². The van der Waals surface area contributed by atoms with E-state index in [1.165, 1.54) is 22.7 Å². The van der Waals surface area contributed by atoms with Gasteiger partial charge in [0.1, 0.15) is 5.01 Å². The number of benzene rings is 1. The second-order valence-corrected chi connectivity index (χ2v) is 8.80. The van der Waals surface area contributed by atoms with Crippen LogP contribution in [0.25, 0.3) is 10.6 Å². The van der Waals surface area contributed by atoms with E-state index < -0.39 is 0 Å². The van der Waals surface area contributed by atoms with E-state index in [0.717, 1.165) is 21.0 Å². The van der Waals surface area contributed by atoms with Gasteiger partial charge < -0.3 is 4.90 Å². The largest absolute Gasteiger partial charge is 0.335 e. The summed E-state index contributed by atoms with van der Waals surface area (Å²) in [5.74, 6) is -0.0448. The summed E-state index contributed by atoms with van der Waals surface area (Å²) in [6.07, 6.45) is 0. The van der Waals surface area contributed by atoms with Crippen LogP contribution >= 0.6 is 22.7 Å². The van der Waals surface area contributed by atoms with Crippen molar-refractivity contribution in [2.45, 2.75) is 6.92 Å². The molecule has 29 heavy (non-hydrogen) atoms. The number of rotatable bonds is 5. The molecule has 3 heterocycles. The van der Waals surface area contributed by atoms with Gasteiger partial charge in [-0.05, 0) is 24.4 Å². The number of hydrogen-bond donors (Lipinski definition) is 1. The van der Waals surface area contributed by atoms with Gasteiger partial charge in [-0.3, -0.25) is 19.8 Å². The Morgan fingerprint density at radius 2 is 1.93 bits per heavy atom. The number of amides is 2. The number of carbonyl (C=O) groups is 2. The van der Waals surface area contributed by atoms with E-state index in [4.69, 9.17) is 0 Å². The molecule has 1 saturated heterocycles. The van der Waals surface area contributed by atoms with Crippen LogP contribution in [0.1, 0.15) is 15.2 Å². The molecule has 0 aliphatic carbocycles. The summed E-state index contributed by atoms with van der Waals surface area (Å²) >= 11 is 2.82. The molecule has 0 bridgehead atoms. The van der Waals surface area contributed by atoms with E-state index in [1.807, 2.05) is 53.6 Å². The van der Waals surface area contributed by atoms with Crippen molar-refractivity contribution >= 4 is 39.6 Å². The molecule has 1 aliphatic heterocycles. The highest BCUT2D eigenvalue weighted by molar-refractivity contribution is 7.18. The fraction of sp³-hybridized carbons (Fsp3) is 0.300. The average Bonchev–Trinajstić information content (AvgIpc) is 3.40. The normalized spacial score (nSPS) is 14.7. The maximum atomic E-state index is 12.4. The molecule has 0 atom stereocenters. The number of piperazine rings is 1. The van der Waals surface area contributed by atoms with Gasteiger partial charge in [0, 0.05) is 31.7 Å². The fourth-order valence-electron chi connectivity index (χ4n) is 3.20. The smallest absolute Gasteiger partial charge is 0.264 e. The van der Waals surface area contributed by atoms with Gasteiger partial charge in [-0.15, -0.1) is 21.5 Å². The van der Waals surface area contributed by atoms with Crippen LogP contribution in [-0.2, 0) is 4.79 Å². The third-order valence-electron chi connectivity index (χ3n) is 4.70. The van der Waals surface area contributed by atoms with Crippen LogP contribution in [0.15, 0.2) is 41.8 Å². The van der Waals surface area contributed by atoms with Crippen LogP contribution in [0.4, 0.5) is 5.13 Å². The molecule has 1 N–H and O–H groups in total. The Morgan fingerprint density at radius 3 is 2.66 bits per heavy atom. The lowest BCUT2D eigenvalue weighted by molar-refractivity contribution is -0.117. The summed E-state index contributed by atoms with van der Waals surface area (Å²) in [5.41, 5.74) is 2.15. The summed E-state index contributed by atoms with van der Waals surface area (Å²) in [4.78, 5) is 29.4. The van der Waals surface area contributed by atoms with E-state index in [2.05, 4.69) is 20.4 Å². The third kappa shape index (κ3) is 4.87. The maximum Gasteiger partial charge on any atom is 0.264 e. The second kappa shape index (κ2) is 8.81. The molecule has 0 radical (unpaired) electrons. The number of carbonyl (C=O) groups excluding carboxylic acids is 2.